The lowest BCUT2D eigenvalue weighted by atomic mass is 9.80. The molecular weight excluding hydrogens is 468 g/mol. The summed E-state index contributed by atoms with van der Waals surface area (Å²) in [6.45, 7) is 4.76. The first-order valence-electron chi connectivity index (χ1n) is 13.8. The zero-order valence-corrected chi connectivity index (χ0v) is 22.2. The molecule has 0 aliphatic heterocycles. The van der Waals surface area contributed by atoms with Gasteiger partial charge in [0.05, 0.1) is 0 Å². The van der Waals surface area contributed by atoms with Crippen LogP contribution < -0.4 is 0 Å². The van der Waals surface area contributed by atoms with Gasteiger partial charge < -0.3 is 0 Å². The largest absolute Gasteiger partial charge is 0.0616 e. The van der Waals surface area contributed by atoms with Gasteiger partial charge in [-0.3, -0.25) is 0 Å². The monoisotopic (exact) mass is 496 g/mol. The smallest absolute Gasteiger partial charge is 0.0159 e. The molecule has 0 atom stereocenters. The second-order valence-electron chi connectivity index (χ2n) is 11.4. The Morgan fingerprint density at radius 3 is 1.67 bits per heavy atom. The second-order valence-corrected chi connectivity index (χ2v) is 11.4. The maximum Gasteiger partial charge on any atom is 0.0159 e. The summed E-state index contributed by atoms with van der Waals surface area (Å²) in [4.78, 5) is 0. The highest BCUT2D eigenvalue weighted by Crippen LogP contribution is 2.51. The maximum atomic E-state index is 2.45. The number of hydrogen-bond acceptors (Lipinski definition) is 0. The van der Waals surface area contributed by atoms with Crippen molar-refractivity contribution < 1.29 is 0 Å². The standard InChI is InChI=1S/C39H28/c1-39(2)37-23-28(27-16-15-25-9-3-4-10-26(25)21-27)17-19-34(37)35-20-18-30(24-38(35)39)36-22-29-11-5-6-12-31(29)32-13-7-8-14-33(32)36/h3-24H,1-2H3. The van der Waals surface area contributed by atoms with Gasteiger partial charge in [-0.15, -0.1) is 0 Å². The third-order valence-electron chi connectivity index (χ3n) is 8.84. The average Bonchev–Trinajstić information content (AvgIpc) is 3.22. The lowest BCUT2D eigenvalue weighted by Crippen LogP contribution is -2.15. The van der Waals surface area contributed by atoms with Gasteiger partial charge in [0.25, 0.3) is 0 Å². The van der Waals surface area contributed by atoms with E-state index in [0.717, 1.165) is 0 Å². The fourth-order valence-corrected chi connectivity index (χ4v) is 6.75. The topological polar surface area (TPSA) is 0 Å². The molecule has 8 rings (SSSR count). The molecule has 0 aromatic heterocycles. The summed E-state index contributed by atoms with van der Waals surface area (Å²) >= 11 is 0. The van der Waals surface area contributed by atoms with Crippen LogP contribution >= 0.6 is 0 Å². The van der Waals surface area contributed by atoms with Gasteiger partial charge in [-0.05, 0) is 101 Å². The maximum absolute atomic E-state index is 2.45. The van der Waals surface area contributed by atoms with E-state index in [-0.39, 0.29) is 5.41 Å². The summed E-state index contributed by atoms with van der Waals surface area (Å²) in [6.07, 6.45) is 0. The summed E-state index contributed by atoms with van der Waals surface area (Å²) in [6, 6.07) is 49.5. The Morgan fingerprint density at radius 2 is 0.897 bits per heavy atom. The van der Waals surface area contributed by atoms with Crippen molar-refractivity contribution in [1.82, 2.24) is 0 Å². The van der Waals surface area contributed by atoms with Crippen LogP contribution in [0.15, 0.2) is 133 Å². The van der Waals surface area contributed by atoms with Crippen LogP contribution in [0.2, 0.25) is 0 Å². The molecule has 184 valence electrons. The quantitative estimate of drug-likeness (QED) is 0.209. The first kappa shape index (κ1) is 22.3. The van der Waals surface area contributed by atoms with E-state index in [1.165, 1.54) is 76.8 Å². The van der Waals surface area contributed by atoms with Gasteiger partial charge in [-0.25, -0.2) is 0 Å². The third-order valence-corrected chi connectivity index (χ3v) is 8.84. The SMILES string of the molecule is CC1(C)c2cc(-c3ccc4ccccc4c3)ccc2-c2ccc(-c3cc4ccccc4c4ccccc34)cc21. The predicted molar refractivity (Wildman–Crippen MR) is 167 cm³/mol. The molecule has 0 radical (unpaired) electrons. The summed E-state index contributed by atoms with van der Waals surface area (Å²) < 4.78 is 0. The molecule has 7 aromatic rings. The summed E-state index contributed by atoms with van der Waals surface area (Å²) in [7, 11) is 0. The number of benzene rings is 7. The van der Waals surface area contributed by atoms with E-state index in [9.17, 15) is 0 Å². The molecule has 0 bridgehead atoms. The van der Waals surface area contributed by atoms with E-state index in [0.29, 0.717) is 0 Å². The van der Waals surface area contributed by atoms with Crippen molar-refractivity contribution >= 4 is 32.3 Å². The van der Waals surface area contributed by atoms with Crippen molar-refractivity contribution in [2.75, 3.05) is 0 Å². The molecule has 0 N–H and O–H groups in total. The van der Waals surface area contributed by atoms with E-state index in [2.05, 4.69) is 147 Å². The van der Waals surface area contributed by atoms with Crippen LogP contribution in [0.4, 0.5) is 0 Å². The highest BCUT2D eigenvalue weighted by molar-refractivity contribution is 6.13. The lowest BCUT2D eigenvalue weighted by molar-refractivity contribution is 0.661. The van der Waals surface area contributed by atoms with Crippen LogP contribution in [-0.4, -0.2) is 0 Å². The molecular formula is C39H28. The van der Waals surface area contributed by atoms with Gasteiger partial charge in [0.15, 0.2) is 0 Å². The van der Waals surface area contributed by atoms with E-state index in [4.69, 9.17) is 0 Å². The van der Waals surface area contributed by atoms with E-state index in [1.807, 2.05) is 0 Å². The fraction of sp³-hybridized carbons (Fsp3) is 0.0769. The minimum Gasteiger partial charge on any atom is -0.0616 e. The summed E-state index contributed by atoms with van der Waals surface area (Å²) in [5.41, 5.74) is 10.6. The molecule has 0 saturated heterocycles. The van der Waals surface area contributed by atoms with Crippen LogP contribution in [0.1, 0.15) is 25.0 Å². The van der Waals surface area contributed by atoms with Crippen LogP contribution in [0.5, 0.6) is 0 Å². The molecule has 0 fully saturated rings. The molecule has 0 saturated carbocycles. The van der Waals surface area contributed by atoms with Crippen molar-refractivity contribution in [2.45, 2.75) is 19.3 Å². The molecule has 7 aromatic carbocycles. The highest BCUT2D eigenvalue weighted by atomic mass is 14.4. The van der Waals surface area contributed by atoms with Gasteiger partial charge >= 0.3 is 0 Å². The van der Waals surface area contributed by atoms with E-state index < -0.39 is 0 Å². The van der Waals surface area contributed by atoms with Gasteiger partial charge in [0, 0.05) is 5.41 Å². The van der Waals surface area contributed by atoms with Crippen LogP contribution in [0.25, 0.3) is 65.7 Å². The number of hydrogen-bond donors (Lipinski definition) is 0. The Bertz CT molecular complexity index is 2090. The first-order valence-corrected chi connectivity index (χ1v) is 13.8. The first-order chi connectivity index (χ1) is 19.1. The van der Waals surface area contributed by atoms with Crippen molar-refractivity contribution in [3.63, 3.8) is 0 Å². The van der Waals surface area contributed by atoms with Crippen molar-refractivity contribution in [1.29, 1.82) is 0 Å². The zero-order valence-electron chi connectivity index (χ0n) is 22.2. The zero-order chi connectivity index (χ0) is 26.1. The fourth-order valence-electron chi connectivity index (χ4n) is 6.75. The third kappa shape index (κ3) is 3.31. The molecule has 0 heterocycles. The van der Waals surface area contributed by atoms with Gasteiger partial charge in [-0.2, -0.15) is 0 Å². The van der Waals surface area contributed by atoms with Gasteiger partial charge in [-0.1, -0.05) is 123 Å². The van der Waals surface area contributed by atoms with Crippen molar-refractivity contribution in [2.24, 2.45) is 0 Å². The van der Waals surface area contributed by atoms with Gasteiger partial charge in [0.1, 0.15) is 0 Å². The Kier molecular flexibility index (Phi) is 4.67. The summed E-state index contributed by atoms with van der Waals surface area (Å²) in [5, 5.41) is 7.78. The Labute approximate surface area is 229 Å². The Balaban J connectivity index is 1.27. The summed E-state index contributed by atoms with van der Waals surface area (Å²) in [5.74, 6) is 0. The molecule has 39 heavy (non-hydrogen) atoms. The molecule has 1 aliphatic carbocycles. The van der Waals surface area contributed by atoms with Crippen molar-refractivity contribution in [3.05, 3.63) is 145 Å². The lowest BCUT2D eigenvalue weighted by Gasteiger charge is -2.23. The minimum absolute atomic E-state index is 0.0831. The predicted octanol–water partition coefficient (Wildman–Crippen LogP) is 10.8. The number of fused-ring (bicyclic) bond motifs is 7. The Hall–Kier alpha value is -4.68. The van der Waals surface area contributed by atoms with Crippen LogP contribution in [-0.2, 0) is 5.41 Å². The minimum atomic E-state index is -0.0831. The second kappa shape index (κ2) is 8.16. The number of rotatable bonds is 2. The normalized spacial score (nSPS) is 13.6. The van der Waals surface area contributed by atoms with Crippen LogP contribution in [0, 0.1) is 0 Å². The molecule has 0 spiro atoms. The van der Waals surface area contributed by atoms with Crippen LogP contribution in [0.3, 0.4) is 0 Å². The van der Waals surface area contributed by atoms with Crippen molar-refractivity contribution in [3.8, 4) is 33.4 Å². The highest BCUT2D eigenvalue weighted by Gasteiger charge is 2.36. The van der Waals surface area contributed by atoms with E-state index >= 15 is 0 Å². The van der Waals surface area contributed by atoms with Gasteiger partial charge in [0.2, 0.25) is 0 Å². The molecule has 0 unspecified atom stereocenters. The molecule has 0 amide bonds. The molecule has 0 heteroatoms. The Morgan fingerprint density at radius 1 is 0.359 bits per heavy atom. The van der Waals surface area contributed by atoms with E-state index in [1.54, 1.807) is 0 Å². The molecule has 0 nitrogen and oxygen atoms in total. The molecule has 1 aliphatic rings. The average molecular weight is 497 g/mol.